The third kappa shape index (κ3) is 4.92. The van der Waals surface area contributed by atoms with Gasteiger partial charge in [0.1, 0.15) is 17.3 Å². The van der Waals surface area contributed by atoms with Crippen molar-refractivity contribution in [1.29, 1.82) is 0 Å². The van der Waals surface area contributed by atoms with Crippen LogP contribution in [-0.4, -0.2) is 28.3 Å². The van der Waals surface area contributed by atoms with E-state index in [0.29, 0.717) is 17.2 Å². The lowest BCUT2D eigenvalue weighted by Gasteiger charge is -2.23. The second kappa shape index (κ2) is 8.63. The second-order valence-electron chi connectivity index (χ2n) is 6.10. The highest BCUT2D eigenvalue weighted by Crippen LogP contribution is 2.29. The topological polar surface area (TPSA) is 68.7 Å². The molecule has 1 heterocycles. The molecule has 2 aromatic rings. The Balaban J connectivity index is 1.72. The van der Waals surface area contributed by atoms with Gasteiger partial charge in [-0.1, -0.05) is 6.07 Å². The first-order valence-electron chi connectivity index (χ1n) is 8.86. The van der Waals surface area contributed by atoms with Gasteiger partial charge < -0.3 is 14.6 Å². The Morgan fingerprint density at radius 3 is 2.89 bits per heavy atom. The van der Waals surface area contributed by atoms with Crippen molar-refractivity contribution >= 4 is 11.9 Å². The summed E-state index contributed by atoms with van der Waals surface area (Å²) < 4.78 is 25.0. The number of phenols is 1. The maximum Gasteiger partial charge on any atom is 0.232 e. The minimum absolute atomic E-state index is 0.0311. The molecule has 0 aliphatic heterocycles. The quantitative estimate of drug-likeness (QED) is 0.560. The Morgan fingerprint density at radius 1 is 1.36 bits per heavy atom. The van der Waals surface area contributed by atoms with Crippen molar-refractivity contribution in [3.05, 3.63) is 83.9 Å². The number of phenolic OH excluding ortho intramolecular Hbond substituents is 1. The minimum Gasteiger partial charge on any atom is -0.507 e. The van der Waals surface area contributed by atoms with Crippen LogP contribution in [0, 0.1) is 0 Å². The van der Waals surface area contributed by atoms with E-state index in [-0.39, 0.29) is 30.1 Å². The molecule has 28 heavy (non-hydrogen) atoms. The number of halogens is 1. The molecule has 1 unspecified atom stereocenters. The molecular formula is C22H20FNO4. The summed E-state index contributed by atoms with van der Waals surface area (Å²) in [4.78, 5) is 16.5. The zero-order chi connectivity index (χ0) is 20.0. The number of hydrogen-bond donors (Lipinski definition) is 1. The molecule has 1 aliphatic rings. The van der Waals surface area contributed by atoms with Crippen LogP contribution in [0.5, 0.6) is 11.5 Å². The fourth-order valence-electron chi connectivity index (χ4n) is 2.64. The molecule has 0 saturated carbocycles. The predicted molar refractivity (Wildman–Crippen MR) is 104 cm³/mol. The highest BCUT2D eigenvalue weighted by atomic mass is 19.2. The van der Waals surface area contributed by atoms with E-state index in [1.165, 1.54) is 36.4 Å². The molecule has 144 valence electrons. The van der Waals surface area contributed by atoms with Crippen molar-refractivity contribution in [2.45, 2.75) is 19.2 Å². The van der Waals surface area contributed by atoms with E-state index >= 15 is 0 Å². The van der Waals surface area contributed by atoms with Gasteiger partial charge in [-0.15, -0.1) is 0 Å². The summed E-state index contributed by atoms with van der Waals surface area (Å²) in [5.41, 5.74) is 0.725. The summed E-state index contributed by atoms with van der Waals surface area (Å²) in [6.45, 7) is 1.99. The van der Waals surface area contributed by atoms with Gasteiger partial charge in [-0.25, -0.2) is 4.39 Å². The summed E-state index contributed by atoms with van der Waals surface area (Å²) in [7, 11) is 0. The van der Waals surface area contributed by atoms with Crippen LogP contribution in [-0.2, 0) is 4.74 Å². The molecule has 0 saturated heterocycles. The van der Waals surface area contributed by atoms with Gasteiger partial charge in [0.2, 0.25) is 5.85 Å². The van der Waals surface area contributed by atoms with E-state index in [1.54, 1.807) is 37.4 Å². The molecule has 0 spiro atoms. The number of rotatable bonds is 7. The van der Waals surface area contributed by atoms with Crippen molar-refractivity contribution in [3.8, 4) is 11.5 Å². The molecule has 0 fully saturated rings. The first kappa shape index (κ1) is 19.5. The molecule has 3 rings (SSSR count). The number of aromatic hydroxyl groups is 1. The van der Waals surface area contributed by atoms with E-state index in [2.05, 4.69) is 4.98 Å². The fourth-order valence-corrected chi connectivity index (χ4v) is 2.64. The zero-order valence-corrected chi connectivity index (χ0v) is 15.3. The lowest BCUT2D eigenvalue weighted by molar-refractivity contribution is -0.100. The van der Waals surface area contributed by atoms with Crippen LogP contribution in [0.15, 0.2) is 72.7 Å². The van der Waals surface area contributed by atoms with Crippen molar-refractivity contribution < 1.29 is 23.8 Å². The maximum atomic E-state index is 14.2. The molecule has 6 heteroatoms. The van der Waals surface area contributed by atoms with Crippen LogP contribution in [0.1, 0.15) is 29.4 Å². The van der Waals surface area contributed by atoms with Gasteiger partial charge in [-0.05, 0) is 67.6 Å². The maximum absolute atomic E-state index is 14.2. The van der Waals surface area contributed by atoms with Gasteiger partial charge in [0.15, 0.2) is 5.78 Å². The van der Waals surface area contributed by atoms with Gasteiger partial charge in [-0.2, -0.15) is 0 Å². The first-order chi connectivity index (χ1) is 13.5. The van der Waals surface area contributed by atoms with Crippen molar-refractivity contribution in [1.82, 2.24) is 4.98 Å². The van der Waals surface area contributed by atoms with Crippen molar-refractivity contribution in [2.24, 2.45) is 0 Å². The standard InChI is InChI=1S/C22H20FNO4/c1-2-27-22(23)12-10-17(11-13-22)28-18-7-9-21(26)19(15-18)20(25)8-6-16-5-3-4-14-24-16/h3-12,14-15,26H,2,13H2,1H3. The molecule has 5 nitrogen and oxygen atoms in total. The Kier molecular flexibility index (Phi) is 6.01. The molecule has 1 atom stereocenters. The van der Waals surface area contributed by atoms with E-state index in [9.17, 15) is 14.3 Å². The van der Waals surface area contributed by atoms with Crippen LogP contribution in [0.3, 0.4) is 0 Å². The third-order valence-electron chi connectivity index (χ3n) is 4.02. The number of allylic oxidation sites excluding steroid dienone is 2. The third-order valence-corrected chi connectivity index (χ3v) is 4.02. The largest absolute Gasteiger partial charge is 0.507 e. The van der Waals surface area contributed by atoms with E-state index < -0.39 is 5.85 Å². The molecule has 1 N–H and O–H groups in total. The molecule has 1 aromatic heterocycles. The Labute approximate surface area is 162 Å². The average molecular weight is 381 g/mol. The molecule has 0 bridgehead atoms. The monoisotopic (exact) mass is 381 g/mol. The summed E-state index contributed by atoms with van der Waals surface area (Å²) in [5, 5.41) is 10.0. The van der Waals surface area contributed by atoms with E-state index in [1.807, 2.05) is 6.07 Å². The van der Waals surface area contributed by atoms with E-state index in [0.717, 1.165) is 0 Å². The number of aromatic nitrogens is 1. The summed E-state index contributed by atoms with van der Waals surface area (Å²) >= 11 is 0. The Bertz CT molecular complexity index is 937. The second-order valence-corrected chi connectivity index (χ2v) is 6.10. The molecular weight excluding hydrogens is 361 g/mol. The summed E-state index contributed by atoms with van der Waals surface area (Å²) in [5.74, 6) is -1.59. The Hall–Kier alpha value is -3.25. The van der Waals surface area contributed by atoms with Crippen LogP contribution >= 0.6 is 0 Å². The zero-order valence-electron chi connectivity index (χ0n) is 15.3. The van der Waals surface area contributed by atoms with Crippen LogP contribution < -0.4 is 4.74 Å². The lowest BCUT2D eigenvalue weighted by atomic mass is 10.1. The van der Waals surface area contributed by atoms with Gasteiger partial charge >= 0.3 is 0 Å². The first-order valence-corrected chi connectivity index (χ1v) is 8.86. The molecule has 0 radical (unpaired) electrons. The fraction of sp³-hybridized carbons (Fsp3) is 0.182. The lowest BCUT2D eigenvalue weighted by Crippen LogP contribution is -2.25. The number of carbonyl (C=O) groups excluding carboxylic acids is 1. The van der Waals surface area contributed by atoms with Crippen LogP contribution in [0.2, 0.25) is 0 Å². The van der Waals surface area contributed by atoms with Gasteiger partial charge in [0.05, 0.1) is 11.3 Å². The molecule has 1 aliphatic carbocycles. The van der Waals surface area contributed by atoms with Crippen LogP contribution in [0.4, 0.5) is 4.39 Å². The summed E-state index contributed by atoms with van der Waals surface area (Å²) in [6, 6.07) is 9.70. The number of alkyl halides is 1. The number of pyridine rings is 1. The Morgan fingerprint density at radius 2 is 2.21 bits per heavy atom. The minimum atomic E-state index is -1.83. The van der Waals surface area contributed by atoms with Crippen molar-refractivity contribution in [2.75, 3.05) is 6.61 Å². The number of carbonyl (C=O) groups is 1. The van der Waals surface area contributed by atoms with Crippen molar-refractivity contribution in [3.63, 3.8) is 0 Å². The highest BCUT2D eigenvalue weighted by molar-refractivity contribution is 6.08. The molecule has 1 aromatic carbocycles. The number of benzene rings is 1. The number of hydrogen-bond acceptors (Lipinski definition) is 5. The van der Waals surface area contributed by atoms with Crippen LogP contribution in [0.25, 0.3) is 6.08 Å². The number of nitrogens with zero attached hydrogens (tertiary/aromatic N) is 1. The average Bonchev–Trinajstić information content (AvgIpc) is 2.70. The smallest absolute Gasteiger partial charge is 0.232 e. The number of ether oxygens (including phenoxy) is 2. The van der Waals surface area contributed by atoms with E-state index in [4.69, 9.17) is 9.47 Å². The summed E-state index contributed by atoms with van der Waals surface area (Å²) in [6.07, 6.45) is 8.91. The predicted octanol–water partition coefficient (Wildman–Crippen LogP) is 4.61. The normalized spacial score (nSPS) is 18.9. The van der Waals surface area contributed by atoms with Gasteiger partial charge in [-0.3, -0.25) is 9.78 Å². The van der Waals surface area contributed by atoms with Gasteiger partial charge in [0.25, 0.3) is 0 Å². The molecule has 0 amide bonds. The SMILES string of the molecule is CCOC1(F)C=CC(Oc2ccc(O)c(C(=O)C=Cc3ccccn3)c2)=CC1. The number of ketones is 1. The van der Waals surface area contributed by atoms with Gasteiger partial charge in [0, 0.05) is 19.2 Å². The highest BCUT2D eigenvalue weighted by Gasteiger charge is 2.28.